The van der Waals surface area contributed by atoms with E-state index in [-0.39, 0.29) is 0 Å². The van der Waals surface area contributed by atoms with Crippen LogP contribution in [-0.4, -0.2) is 16.8 Å². The van der Waals surface area contributed by atoms with E-state index in [0.717, 1.165) is 11.3 Å². The SMILES string of the molecule is NCc1ccc(OCC=Cc2ccccc2)nn1. The van der Waals surface area contributed by atoms with Gasteiger partial charge in [-0.3, -0.25) is 0 Å². The van der Waals surface area contributed by atoms with Gasteiger partial charge >= 0.3 is 0 Å². The smallest absolute Gasteiger partial charge is 0.233 e. The number of nitrogens with zero attached hydrogens (tertiary/aromatic N) is 2. The second-order valence-electron chi connectivity index (χ2n) is 3.69. The third-order valence-electron chi connectivity index (χ3n) is 2.34. The Morgan fingerprint density at radius 1 is 1.06 bits per heavy atom. The first kappa shape index (κ1) is 12.3. The van der Waals surface area contributed by atoms with Crippen LogP contribution >= 0.6 is 0 Å². The van der Waals surface area contributed by atoms with Crippen LogP contribution in [0, 0.1) is 0 Å². The molecule has 2 aromatic rings. The molecule has 0 fully saturated rings. The average molecular weight is 241 g/mol. The summed E-state index contributed by atoms with van der Waals surface area (Å²) < 4.78 is 5.43. The normalized spacial score (nSPS) is 10.7. The van der Waals surface area contributed by atoms with Crippen molar-refractivity contribution in [2.75, 3.05) is 6.61 Å². The minimum Gasteiger partial charge on any atom is -0.472 e. The molecule has 92 valence electrons. The summed E-state index contributed by atoms with van der Waals surface area (Å²) in [5.41, 5.74) is 7.33. The van der Waals surface area contributed by atoms with E-state index in [4.69, 9.17) is 10.5 Å². The molecule has 0 aliphatic heterocycles. The minimum atomic E-state index is 0.390. The highest BCUT2D eigenvalue weighted by Gasteiger charge is 1.95. The van der Waals surface area contributed by atoms with Gasteiger partial charge in [0.1, 0.15) is 6.61 Å². The molecule has 0 bridgehead atoms. The van der Waals surface area contributed by atoms with Gasteiger partial charge in [-0.25, -0.2) is 0 Å². The maximum absolute atomic E-state index is 5.43. The first-order valence-corrected chi connectivity index (χ1v) is 5.75. The van der Waals surface area contributed by atoms with Crippen molar-refractivity contribution < 1.29 is 4.74 Å². The molecule has 2 N–H and O–H groups in total. The van der Waals surface area contributed by atoms with Crippen LogP contribution in [0.1, 0.15) is 11.3 Å². The monoisotopic (exact) mass is 241 g/mol. The molecule has 4 nitrogen and oxygen atoms in total. The number of aromatic nitrogens is 2. The zero-order valence-electron chi connectivity index (χ0n) is 9.99. The molecule has 0 radical (unpaired) electrons. The number of ether oxygens (including phenoxy) is 1. The molecule has 0 saturated heterocycles. The molecule has 0 spiro atoms. The van der Waals surface area contributed by atoms with Crippen molar-refractivity contribution in [3.63, 3.8) is 0 Å². The second kappa shape index (κ2) is 6.51. The quantitative estimate of drug-likeness (QED) is 0.870. The third kappa shape index (κ3) is 3.68. The van der Waals surface area contributed by atoms with Gasteiger partial charge in [-0.2, -0.15) is 5.10 Å². The van der Waals surface area contributed by atoms with Gasteiger partial charge in [0.15, 0.2) is 0 Å². The van der Waals surface area contributed by atoms with Gasteiger partial charge in [0, 0.05) is 12.6 Å². The lowest BCUT2D eigenvalue weighted by atomic mass is 10.2. The van der Waals surface area contributed by atoms with Gasteiger partial charge in [-0.1, -0.05) is 36.4 Å². The Labute approximate surface area is 106 Å². The van der Waals surface area contributed by atoms with Crippen molar-refractivity contribution >= 4 is 6.08 Å². The summed E-state index contributed by atoms with van der Waals surface area (Å²) >= 11 is 0. The highest BCUT2D eigenvalue weighted by molar-refractivity contribution is 5.48. The first-order valence-electron chi connectivity index (χ1n) is 5.75. The molecule has 0 aliphatic rings. The number of hydrogen-bond donors (Lipinski definition) is 1. The first-order chi connectivity index (χ1) is 8.88. The van der Waals surface area contributed by atoms with Crippen molar-refractivity contribution in [2.45, 2.75) is 6.54 Å². The van der Waals surface area contributed by atoms with Crippen molar-refractivity contribution in [3.8, 4) is 5.88 Å². The van der Waals surface area contributed by atoms with E-state index in [0.29, 0.717) is 19.0 Å². The predicted octanol–water partition coefficient (Wildman–Crippen LogP) is 2.03. The summed E-state index contributed by atoms with van der Waals surface area (Å²) in [5, 5.41) is 7.82. The Kier molecular flexibility index (Phi) is 4.44. The number of hydrogen-bond acceptors (Lipinski definition) is 4. The fraction of sp³-hybridized carbons (Fsp3) is 0.143. The van der Waals surface area contributed by atoms with Gasteiger partial charge in [-0.05, 0) is 17.7 Å². The average Bonchev–Trinajstić information content (AvgIpc) is 2.45. The highest BCUT2D eigenvalue weighted by Crippen LogP contribution is 2.05. The largest absolute Gasteiger partial charge is 0.472 e. The van der Waals surface area contributed by atoms with Crippen LogP contribution in [0.4, 0.5) is 0 Å². The Morgan fingerprint density at radius 3 is 2.56 bits per heavy atom. The summed E-state index contributed by atoms with van der Waals surface area (Å²) in [4.78, 5) is 0. The highest BCUT2D eigenvalue weighted by atomic mass is 16.5. The molecule has 0 saturated carbocycles. The summed E-state index contributed by atoms with van der Waals surface area (Å²) in [6.45, 7) is 0.854. The molecule has 1 heterocycles. The van der Waals surface area contributed by atoms with Gasteiger partial charge < -0.3 is 10.5 Å². The van der Waals surface area contributed by atoms with Crippen molar-refractivity contribution in [3.05, 3.63) is 59.8 Å². The van der Waals surface area contributed by atoms with E-state index in [1.807, 2.05) is 48.6 Å². The number of rotatable bonds is 5. The van der Waals surface area contributed by atoms with Crippen molar-refractivity contribution in [1.82, 2.24) is 10.2 Å². The molecule has 1 aromatic heterocycles. The summed E-state index contributed by atoms with van der Waals surface area (Å²) in [6.07, 6.45) is 3.94. The van der Waals surface area contributed by atoms with Gasteiger partial charge in [0.2, 0.25) is 5.88 Å². The molecular weight excluding hydrogens is 226 g/mol. The fourth-order valence-corrected chi connectivity index (χ4v) is 1.42. The van der Waals surface area contributed by atoms with Crippen LogP contribution in [0.2, 0.25) is 0 Å². The van der Waals surface area contributed by atoms with Crippen LogP contribution in [0.25, 0.3) is 6.08 Å². The van der Waals surface area contributed by atoms with Crippen LogP contribution in [-0.2, 0) is 6.54 Å². The second-order valence-corrected chi connectivity index (χ2v) is 3.69. The van der Waals surface area contributed by atoms with E-state index in [2.05, 4.69) is 10.2 Å². The Morgan fingerprint density at radius 2 is 1.89 bits per heavy atom. The summed E-state index contributed by atoms with van der Waals surface area (Å²) in [6, 6.07) is 13.6. The maximum Gasteiger partial charge on any atom is 0.233 e. The molecule has 18 heavy (non-hydrogen) atoms. The van der Waals surface area contributed by atoms with Gasteiger partial charge in [0.25, 0.3) is 0 Å². The van der Waals surface area contributed by atoms with E-state index >= 15 is 0 Å². The van der Waals surface area contributed by atoms with Crippen LogP contribution in [0.3, 0.4) is 0 Å². The standard InChI is InChI=1S/C14H15N3O/c15-11-13-8-9-14(17-16-13)18-10-4-7-12-5-2-1-3-6-12/h1-9H,10-11,15H2. The predicted molar refractivity (Wildman–Crippen MR) is 70.9 cm³/mol. The molecule has 2 rings (SSSR count). The van der Waals surface area contributed by atoms with E-state index in [9.17, 15) is 0 Å². The fourth-order valence-electron chi connectivity index (χ4n) is 1.42. The molecule has 0 amide bonds. The van der Waals surface area contributed by atoms with E-state index in [1.54, 1.807) is 6.07 Å². The molecule has 0 atom stereocenters. The maximum atomic E-state index is 5.43. The summed E-state index contributed by atoms with van der Waals surface area (Å²) in [7, 11) is 0. The lowest BCUT2D eigenvalue weighted by molar-refractivity contribution is 0.344. The van der Waals surface area contributed by atoms with Crippen molar-refractivity contribution in [1.29, 1.82) is 0 Å². The topological polar surface area (TPSA) is 61.0 Å². The van der Waals surface area contributed by atoms with E-state index in [1.165, 1.54) is 0 Å². The third-order valence-corrected chi connectivity index (χ3v) is 2.34. The Balaban J connectivity index is 1.83. The van der Waals surface area contributed by atoms with Crippen molar-refractivity contribution in [2.24, 2.45) is 5.73 Å². The van der Waals surface area contributed by atoms with Crippen LogP contribution < -0.4 is 10.5 Å². The zero-order chi connectivity index (χ0) is 12.6. The lowest BCUT2D eigenvalue weighted by Crippen LogP contribution is -2.03. The molecule has 4 heteroatoms. The summed E-state index contributed by atoms with van der Waals surface area (Å²) in [5.74, 6) is 0.505. The zero-order valence-corrected chi connectivity index (χ0v) is 9.99. The number of benzene rings is 1. The minimum absolute atomic E-state index is 0.390. The molecule has 0 unspecified atom stereocenters. The lowest BCUT2D eigenvalue weighted by Gasteiger charge is -2.01. The molecular formula is C14H15N3O. The Bertz CT molecular complexity index is 494. The molecule has 0 aliphatic carbocycles. The van der Waals surface area contributed by atoms with Gasteiger partial charge in [0.05, 0.1) is 5.69 Å². The van der Waals surface area contributed by atoms with E-state index < -0.39 is 0 Å². The van der Waals surface area contributed by atoms with Gasteiger partial charge in [-0.15, -0.1) is 5.10 Å². The van der Waals surface area contributed by atoms with Crippen LogP contribution in [0.5, 0.6) is 5.88 Å². The number of nitrogens with two attached hydrogens (primary N) is 1. The molecule has 1 aromatic carbocycles. The Hall–Kier alpha value is -2.20. The van der Waals surface area contributed by atoms with Crippen LogP contribution in [0.15, 0.2) is 48.5 Å².